The van der Waals surface area contributed by atoms with Crippen molar-refractivity contribution in [3.8, 4) is 0 Å². The monoisotopic (exact) mass is 521 g/mol. The van der Waals surface area contributed by atoms with Gasteiger partial charge in [-0.2, -0.15) is 0 Å². The molecule has 1 amide bonds. The van der Waals surface area contributed by atoms with Gasteiger partial charge in [0.05, 0.1) is 11.9 Å². The first-order chi connectivity index (χ1) is 17.6. The smallest absolute Gasteiger partial charge is 0.254 e. The number of nitrogens with zero attached hydrogens (tertiary/aromatic N) is 5. The SMILES string of the molecule is Cc1cccc(Nc2ncc3c(n2)CN([C@@H]2CCN(C(=O)c4ccnc(NS(C)(=O)=O)c4)[C@H](C)C2)C3)c1. The van der Waals surface area contributed by atoms with Gasteiger partial charge in [-0.25, -0.2) is 23.4 Å². The van der Waals surface area contributed by atoms with Crippen LogP contribution in [-0.4, -0.2) is 64.0 Å². The molecule has 0 radical (unpaired) electrons. The summed E-state index contributed by atoms with van der Waals surface area (Å²) in [6, 6.07) is 11.6. The van der Waals surface area contributed by atoms with E-state index in [1.54, 1.807) is 6.07 Å². The molecule has 194 valence electrons. The maximum Gasteiger partial charge on any atom is 0.254 e. The quantitative estimate of drug-likeness (QED) is 0.507. The number of amides is 1. The van der Waals surface area contributed by atoms with Crippen LogP contribution in [0, 0.1) is 6.92 Å². The van der Waals surface area contributed by atoms with Crippen molar-refractivity contribution < 1.29 is 13.2 Å². The van der Waals surface area contributed by atoms with Crippen LogP contribution in [0.5, 0.6) is 0 Å². The van der Waals surface area contributed by atoms with E-state index in [0.29, 0.717) is 24.1 Å². The second-order valence-electron chi connectivity index (χ2n) is 9.89. The van der Waals surface area contributed by atoms with Crippen LogP contribution >= 0.6 is 0 Å². The molecular weight excluding hydrogens is 490 g/mol. The van der Waals surface area contributed by atoms with Crippen LogP contribution in [0.25, 0.3) is 0 Å². The molecule has 2 aliphatic rings. The number of benzene rings is 1. The van der Waals surface area contributed by atoms with Gasteiger partial charge < -0.3 is 10.2 Å². The zero-order valence-electron chi connectivity index (χ0n) is 21.2. The summed E-state index contributed by atoms with van der Waals surface area (Å²) in [4.78, 5) is 30.8. The van der Waals surface area contributed by atoms with Crippen LogP contribution in [-0.2, 0) is 23.1 Å². The zero-order chi connectivity index (χ0) is 26.2. The zero-order valence-corrected chi connectivity index (χ0v) is 22.0. The lowest BCUT2D eigenvalue weighted by atomic mass is 9.96. The summed E-state index contributed by atoms with van der Waals surface area (Å²) in [5, 5.41) is 3.30. The minimum Gasteiger partial charge on any atom is -0.336 e. The Hall–Kier alpha value is -3.57. The largest absolute Gasteiger partial charge is 0.336 e. The van der Waals surface area contributed by atoms with Crippen LogP contribution in [0.4, 0.5) is 17.5 Å². The Kier molecular flexibility index (Phi) is 6.82. The normalized spacial score (nSPS) is 19.9. The molecular formula is C26H31N7O3S. The second kappa shape index (κ2) is 10.1. The van der Waals surface area contributed by atoms with Gasteiger partial charge in [-0.1, -0.05) is 12.1 Å². The third kappa shape index (κ3) is 5.89. The number of sulfonamides is 1. The summed E-state index contributed by atoms with van der Waals surface area (Å²) >= 11 is 0. The Morgan fingerprint density at radius 3 is 2.73 bits per heavy atom. The molecule has 0 bridgehead atoms. The molecule has 2 atom stereocenters. The average molecular weight is 522 g/mol. The van der Waals surface area contributed by atoms with Crippen LogP contribution < -0.4 is 10.0 Å². The van der Waals surface area contributed by atoms with Crippen molar-refractivity contribution in [3.63, 3.8) is 0 Å². The average Bonchev–Trinajstić information content (AvgIpc) is 3.26. The van der Waals surface area contributed by atoms with Crippen LogP contribution in [0.3, 0.4) is 0 Å². The molecule has 4 heterocycles. The summed E-state index contributed by atoms with van der Waals surface area (Å²) in [7, 11) is -3.47. The highest BCUT2D eigenvalue weighted by atomic mass is 32.2. The first kappa shape index (κ1) is 25.1. The summed E-state index contributed by atoms with van der Waals surface area (Å²) in [6.07, 6.45) is 6.11. The predicted molar refractivity (Wildman–Crippen MR) is 142 cm³/mol. The molecule has 3 aromatic rings. The number of carbonyl (C=O) groups excluding carboxylic acids is 1. The Morgan fingerprint density at radius 1 is 1.14 bits per heavy atom. The fourth-order valence-electron chi connectivity index (χ4n) is 5.10. The van der Waals surface area contributed by atoms with E-state index >= 15 is 0 Å². The van der Waals surface area contributed by atoms with E-state index < -0.39 is 10.0 Å². The molecule has 2 N–H and O–H groups in total. The first-order valence-electron chi connectivity index (χ1n) is 12.3. The highest BCUT2D eigenvalue weighted by molar-refractivity contribution is 7.92. The van der Waals surface area contributed by atoms with Crippen LogP contribution in [0.2, 0.25) is 0 Å². The summed E-state index contributed by atoms with van der Waals surface area (Å²) in [5.41, 5.74) is 4.74. The van der Waals surface area contributed by atoms with Gasteiger partial charge >= 0.3 is 0 Å². The number of likely N-dealkylation sites (tertiary alicyclic amines) is 1. The fourth-order valence-corrected chi connectivity index (χ4v) is 5.60. The lowest BCUT2D eigenvalue weighted by Crippen LogP contribution is -2.50. The molecule has 37 heavy (non-hydrogen) atoms. The van der Waals surface area contributed by atoms with E-state index in [-0.39, 0.29) is 17.8 Å². The Bertz CT molecular complexity index is 1430. The third-order valence-electron chi connectivity index (χ3n) is 6.88. The fraction of sp³-hybridized carbons (Fsp3) is 0.385. The summed E-state index contributed by atoms with van der Waals surface area (Å²) in [5.74, 6) is 0.623. The number of pyridine rings is 1. The van der Waals surface area contributed by atoms with Crippen molar-refractivity contribution in [1.82, 2.24) is 24.8 Å². The maximum atomic E-state index is 13.2. The van der Waals surface area contributed by atoms with Crippen molar-refractivity contribution in [2.45, 2.75) is 51.9 Å². The second-order valence-corrected chi connectivity index (χ2v) is 11.6. The number of piperidine rings is 1. The highest BCUT2D eigenvalue weighted by Gasteiger charge is 2.35. The topological polar surface area (TPSA) is 120 Å². The molecule has 1 fully saturated rings. The van der Waals surface area contributed by atoms with Crippen LogP contribution in [0.15, 0.2) is 48.8 Å². The molecule has 0 unspecified atom stereocenters. The van der Waals surface area contributed by atoms with E-state index in [9.17, 15) is 13.2 Å². The highest BCUT2D eigenvalue weighted by Crippen LogP contribution is 2.31. The van der Waals surface area contributed by atoms with Gasteiger partial charge in [0.25, 0.3) is 5.91 Å². The number of rotatable bonds is 6. The van der Waals surface area contributed by atoms with Crippen molar-refractivity contribution in [2.24, 2.45) is 0 Å². The lowest BCUT2D eigenvalue weighted by Gasteiger charge is -2.41. The number of hydrogen-bond donors (Lipinski definition) is 2. The van der Waals surface area contributed by atoms with Crippen molar-refractivity contribution in [3.05, 3.63) is 71.2 Å². The molecule has 5 rings (SSSR count). The molecule has 11 heteroatoms. The summed E-state index contributed by atoms with van der Waals surface area (Å²) in [6.45, 7) is 6.30. The van der Waals surface area contributed by atoms with E-state index in [0.717, 1.165) is 49.1 Å². The standard InChI is InChI=1S/C26H31N7O3S/c1-17-5-4-6-21(11-17)29-26-28-14-20-15-32(16-23(20)30-26)22-8-10-33(18(2)12-22)25(34)19-7-9-27-24(13-19)31-37(3,35)36/h4-7,9,11,13-14,18,22H,8,10,12,15-16H2,1-3H3,(H,27,31)(H,28,29,30)/t18-,22-/m1/s1. The number of hydrogen-bond acceptors (Lipinski definition) is 8. The predicted octanol–water partition coefficient (Wildman–Crippen LogP) is 3.30. The number of fused-ring (bicyclic) bond motifs is 1. The first-order valence-corrected chi connectivity index (χ1v) is 14.2. The van der Waals surface area contributed by atoms with Gasteiger partial charge in [-0.15, -0.1) is 0 Å². The molecule has 10 nitrogen and oxygen atoms in total. The maximum absolute atomic E-state index is 13.2. The molecule has 1 aromatic carbocycles. The lowest BCUT2D eigenvalue weighted by molar-refractivity contribution is 0.0460. The Labute approximate surface area is 217 Å². The van der Waals surface area contributed by atoms with Gasteiger partial charge in [0.15, 0.2) is 0 Å². The number of aryl methyl sites for hydroxylation is 1. The molecule has 2 aliphatic heterocycles. The Balaban J connectivity index is 1.21. The van der Waals surface area contributed by atoms with E-state index in [2.05, 4.69) is 50.9 Å². The van der Waals surface area contributed by atoms with E-state index in [4.69, 9.17) is 4.98 Å². The number of carbonyl (C=O) groups is 1. The molecule has 0 saturated carbocycles. The van der Waals surface area contributed by atoms with Gasteiger partial charge in [0, 0.05) is 60.9 Å². The number of nitrogens with one attached hydrogen (secondary N) is 2. The van der Waals surface area contributed by atoms with Crippen molar-refractivity contribution in [2.75, 3.05) is 22.8 Å². The van der Waals surface area contributed by atoms with Gasteiger partial charge in [0.2, 0.25) is 16.0 Å². The number of anilines is 3. The molecule has 0 spiro atoms. The molecule has 0 aliphatic carbocycles. The van der Waals surface area contributed by atoms with Crippen LogP contribution in [0.1, 0.15) is 46.9 Å². The number of aromatic nitrogens is 3. The van der Waals surface area contributed by atoms with Crippen molar-refractivity contribution >= 4 is 33.4 Å². The minimum absolute atomic E-state index is 0.0408. The molecule has 1 saturated heterocycles. The Morgan fingerprint density at radius 2 is 1.97 bits per heavy atom. The van der Waals surface area contributed by atoms with Gasteiger partial charge in [-0.3, -0.25) is 14.4 Å². The van der Waals surface area contributed by atoms with E-state index in [1.807, 2.05) is 23.2 Å². The molecule has 2 aromatic heterocycles. The van der Waals surface area contributed by atoms with Crippen molar-refractivity contribution in [1.29, 1.82) is 0 Å². The van der Waals surface area contributed by atoms with Gasteiger partial charge in [0.1, 0.15) is 5.82 Å². The summed E-state index contributed by atoms with van der Waals surface area (Å²) < 4.78 is 25.4. The third-order valence-corrected chi connectivity index (χ3v) is 7.46. The van der Waals surface area contributed by atoms with E-state index in [1.165, 1.54) is 17.8 Å². The minimum atomic E-state index is -3.47. The van der Waals surface area contributed by atoms with Gasteiger partial charge in [-0.05, 0) is 56.5 Å².